The molecule has 0 spiro atoms. The smallest absolute Gasteiger partial charge is 0.243 e. The predicted molar refractivity (Wildman–Crippen MR) is 168 cm³/mol. The van der Waals surface area contributed by atoms with Gasteiger partial charge in [0.05, 0.1) is 39.6 Å². The maximum Gasteiger partial charge on any atom is 0.243 e. The van der Waals surface area contributed by atoms with Gasteiger partial charge in [-0.25, -0.2) is 0 Å². The molecule has 0 unspecified atom stereocenters. The Morgan fingerprint density at radius 1 is 1.02 bits per heavy atom. The Hall–Kier alpha value is -4.28. The molecule has 0 saturated carbocycles. The number of carbonyl (C=O) groups excluding carboxylic acids is 3. The van der Waals surface area contributed by atoms with E-state index in [-0.39, 0.29) is 41.3 Å². The summed E-state index contributed by atoms with van der Waals surface area (Å²) in [5, 5.41) is 8.97. The lowest BCUT2D eigenvalue weighted by Gasteiger charge is -2.24. The zero-order valence-corrected chi connectivity index (χ0v) is 26.5. The molecule has 1 aliphatic heterocycles. The van der Waals surface area contributed by atoms with E-state index in [4.69, 9.17) is 14.2 Å². The molecule has 11 heteroatoms. The number of nitrogens with one attached hydrogen (secondary N) is 3. The van der Waals surface area contributed by atoms with Gasteiger partial charge in [-0.3, -0.25) is 19.2 Å². The summed E-state index contributed by atoms with van der Waals surface area (Å²) in [4.78, 5) is 53.7. The molecule has 3 atom stereocenters. The van der Waals surface area contributed by atoms with E-state index in [2.05, 4.69) is 16.0 Å². The first kappa shape index (κ1) is 32.6. The summed E-state index contributed by atoms with van der Waals surface area (Å²) in [7, 11) is 4.64. The van der Waals surface area contributed by atoms with Crippen molar-refractivity contribution in [2.24, 2.45) is 5.92 Å². The van der Waals surface area contributed by atoms with Crippen molar-refractivity contribution in [3.8, 4) is 28.4 Å². The highest BCUT2D eigenvalue weighted by Gasteiger charge is 2.31. The van der Waals surface area contributed by atoms with Crippen molar-refractivity contribution in [3.63, 3.8) is 0 Å². The van der Waals surface area contributed by atoms with Crippen LogP contribution in [0.3, 0.4) is 0 Å². The SMILES string of the molecule is CC[C@@H](C)[C@H](Nc1ccc2c(cc1=O)[C@@H](NC(C)=O)CCc1cc(OC)c(OC)c(OC)c1-2)C(=O)NCC(=O)N1CCCC1. The summed E-state index contributed by atoms with van der Waals surface area (Å²) in [6, 6.07) is 5.69. The highest BCUT2D eigenvalue weighted by molar-refractivity contribution is 5.89. The van der Waals surface area contributed by atoms with E-state index in [0.29, 0.717) is 60.7 Å². The van der Waals surface area contributed by atoms with Crippen LogP contribution in [0.2, 0.25) is 0 Å². The minimum absolute atomic E-state index is 0.0885. The zero-order chi connectivity index (χ0) is 32.0. The Morgan fingerprint density at radius 3 is 2.34 bits per heavy atom. The van der Waals surface area contributed by atoms with E-state index in [0.717, 1.165) is 24.0 Å². The first-order chi connectivity index (χ1) is 21.1. The number of ether oxygens (including phenoxy) is 3. The third-order valence-corrected chi connectivity index (χ3v) is 8.60. The fraction of sp³-hybridized carbons (Fsp3) is 0.515. The highest BCUT2D eigenvalue weighted by atomic mass is 16.5. The second-order valence-electron chi connectivity index (χ2n) is 11.4. The molecule has 11 nitrogen and oxygen atoms in total. The number of likely N-dealkylation sites (tertiary alicyclic amines) is 1. The van der Waals surface area contributed by atoms with Gasteiger partial charge in [-0.1, -0.05) is 26.3 Å². The molecule has 238 valence electrons. The largest absolute Gasteiger partial charge is 0.493 e. The quantitative estimate of drug-likeness (QED) is 0.353. The Morgan fingerprint density at radius 2 is 1.73 bits per heavy atom. The lowest BCUT2D eigenvalue weighted by molar-refractivity contribution is -0.132. The van der Waals surface area contributed by atoms with E-state index in [9.17, 15) is 19.2 Å². The maximum absolute atomic E-state index is 13.8. The molecule has 44 heavy (non-hydrogen) atoms. The van der Waals surface area contributed by atoms with E-state index in [1.54, 1.807) is 25.2 Å². The number of nitrogens with zero attached hydrogens (tertiary/aromatic N) is 1. The van der Waals surface area contributed by atoms with Crippen molar-refractivity contribution in [1.82, 2.24) is 15.5 Å². The van der Waals surface area contributed by atoms with E-state index >= 15 is 0 Å². The van der Waals surface area contributed by atoms with Gasteiger partial charge in [0, 0.05) is 25.6 Å². The summed E-state index contributed by atoms with van der Waals surface area (Å²) in [6.07, 6.45) is 3.73. The molecule has 0 bridgehead atoms. The Labute approximate surface area is 258 Å². The van der Waals surface area contributed by atoms with Crippen LogP contribution in [0.4, 0.5) is 5.69 Å². The number of benzene rings is 1. The molecule has 2 aromatic carbocycles. The van der Waals surface area contributed by atoms with Crippen LogP contribution in [0, 0.1) is 5.92 Å². The van der Waals surface area contributed by atoms with Crippen molar-refractivity contribution < 1.29 is 28.6 Å². The summed E-state index contributed by atoms with van der Waals surface area (Å²) < 4.78 is 17.1. The van der Waals surface area contributed by atoms with E-state index in [1.807, 2.05) is 26.0 Å². The minimum atomic E-state index is -0.751. The van der Waals surface area contributed by atoms with Crippen LogP contribution in [0.25, 0.3) is 11.1 Å². The number of hydrogen-bond acceptors (Lipinski definition) is 8. The minimum Gasteiger partial charge on any atom is -0.493 e. The number of hydrogen-bond donors (Lipinski definition) is 3. The zero-order valence-electron chi connectivity index (χ0n) is 26.5. The molecule has 0 radical (unpaired) electrons. The summed E-state index contributed by atoms with van der Waals surface area (Å²) in [5.41, 5.74) is 2.88. The van der Waals surface area contributed by atoms with Crippen LogP contribution in [0.5, 0.6) is 17.2 Å². The van der Waals surface area contributed by atoms with Crippen LogP contribution in [0.1, 0.15) is 63.6 Å². The predicted octanol–water partition coefficient (Wildman–Crippen LogP) is 3.43. The fourth-order valence-corrected chi connectivity index (χ4v) is 6.05. The van der Waals surface area contributed by atoms with Crippen LogP contribution in [-0.4, -0.2) is 69.6 Å². The molecule has 3 N–H and O–H groups in total. The lowest BCUT2D eigenvalue weighted by atomic mass is 9.95. The first-order valence-corrected chi connectivity index (χ1v) is 15.2. The molecule has 1 aliphatic carbocycles. The van der Waals surface area contributed by atoms with Crippen molar-refractivity contribution in [1.29, 1.82) is 0 Å². The van der Waals surface area contributed by atoms with Crippen molar-refractivity contribution in [3.05, 3.63) is 45.6 Å². The lowest BCUT2D eigenvalue weighted by Crippen LogP contribution is -2.47. The number of rotatable bonds is 11. The number of anilines is 1. The average molecular weight is 609 g/mol. The van der Waals surface area contributed by atoms with Gasteiger partial charge in [-0.2, -0.15) is 0 Å². The standard InChI is InChI=1S/C33H44N4O7/c1-7-19(2)30(33(41)34-18-28(40)37-14-8-9-15-37)36-25-13-11-22-23(17-26(25)39)24(35-20(3)38)12-10-21-16-27(42-4)31(43-5)32(44-6)29(21)22/h11,13,16-17,19,24,30H,7-10,12,14-15,18H2,1-6H3,(H,34,41)(H,35,38)(H,36,39)/t19-,24+,30+/m1/s1. The Balaban J connectivity index is 1.77. The molecule has 1 saturated heterocycles. The average Bonchev–Trinajstić information content (AvgIpc) is 3.46. The second-order valence-corrected chi connectivity index (χ2v) is 11.4. The topological polar surface area (TPSA) is 135 Å². The molecule has 2 aromatic rings. The number of aryl methyl sites for hydroxylation is 1. The summed E-state index contributed by atoms with van der Waals surface area (Å²) in [5.74, 6) is 0.579. The number of amides is 3. The number of methoxy groups -OCH3 is 3. The summed E-state index contributed by atoms with van der Waals surface area (Å²) >= 11 is 0. The van der Waals surface area contributed by atoms with Gasteiger partial charge in [-0.15, -0.1) is 0 Å². The monoisotopic (exact) mass is 608 g/mol. The maximum atomic E-state index is 13.8. The molecular weight excluding hydrogens is 564 g/mol. The van der Waals surface area contributed by atoms with Crippen LogP contribution < -0.4 is 35.6 Å². The van der Waals surface area contributed by atoms with Gasteiger partial charge in [0.1, 0.15) is 6.04 Å². The number of carbonyl (C=O) groups is 3. The van der Waals surface area contributed by atoms with Crippen molar-refractivity contribution in [2.75, 3.05) is 46.3 Å². The van der Waals surface area contributed by atoms with Crippen LogP contribution in [0.15, 0.2) is 29.1 Å². The molecule has 0 aromatic heterocycles. The van der Waals surface area contributed by atoms with Crippen LogP contribution in [-0.2, 0) is 20.8 Å². The Bertz CT molecular complexity index is 1450. The third-order valence-electron chi connectivity index (χ3n) is 8.60. The van der Waals surface area contributed by atoms with E-state index < -0.39 is 12.1 Å². The molecule has 1 fully saturated rings. The van der Waals surface area contributed by atoms with Gasteiger partial charge >= 0.3 is 0 Å². The molecule has 2 aliphatic rings. The second kappa shape index (κ2) is 14.5. The Kier molecular flexibility index (Phi) is 10.7. The van der Waals surface area contributed by atoms with Gasteiger partial charge in [0.2, 0.25) is 28.9 Å². The van der Waals surface area contributed by atoms with Crippen molar-refractivity contribution >= 4 is 23.4 Å². The van der Waals surface area contributed by atoms with Crippen molar-refractivity contribution in [2.45, 2.75) is 65.0 Å². The molecule has 1 heterocycles. The molecule has 3 amide bonds. The van der Waals surface area contributed by atoms with Crippen LogP contribution >= 0.6 is 0 Å². The van der Waals surface area contributed by atoms with Gasteiger partial charge < -0.3 is 35.1 Å². The van der Waals surface area contributed by atoms with E-state index in [1.165, 1.54) is 20.1 Å². The number of fused-ring (bicyclic) bond motifs is 3. The van der Waals surface area contributed by atoms with Gasteiger partial charge in [0.25, 0.3) is 0 Å². The molecular formula is C33H44N4O7. The van der Waals surface area contributed by atoms with Gasteiger partial charge in [0.15, 0.2) is 11.5 Å². The summed E-state index contributed by atoms with van der Waals surface area (Å²) in [6.45, 7) is 6.67. The normalized spacial score (nSPS) is 16.9. The third kappa shape index (κ3) is 6.92. The van der Waals surface area contributed by atoms with Gasteiger partial charge in [-0.05, 0) is 66.5 Å². The highest BCUT2D eigenvalue weighted by Crippen LogP contribution is 2.50. The molecule has 4 rings (SSSR count). The first-order valence-electron chi connectivity index (χ1n) is 15.2. The fourth-order valence-electron chi connectivity index (χ4n) is 6.05.